The number of halogens is 2. The van der Waals surface area contributed by atoms with E-state index in [1.165, 1.54) is 24.3 Å². The second kappa shape index (κ2) is 10.7. The van der Waals surface area contributed by atoms with Crippen molar-refractivity contribution in [3.05, 3.63) is 78.1 Å². The van der Waals surface area contributed by atoms with E-state index in [0.717, 1.165) is 5.56 Å². The fourth-order valence-electron chi connectivity index (χ4n) is 3.62. The number of ether oxygens (including phenoxy) is 1. The fourth-order valence-corrected chi connectivity index (χ4v) is 3.62. The molecule has 176 valence electrons. The maximum Gasteiger partial charge on any atom is 0.387 e. The minimum absolute atomic E-state index is 0.0289. The number of hydrogen-bond acceptors (Lipinski definition) is 6. The molecule has 0 radical (unpaired) electrons. The number of nitrogens with one attached hydrogen (secondary N) is 1. The molecular formula is C24H23F2N5O3. The second-order valence-electron chi connectivity index (χ2n) is 7.65. The third-order valence-corrected chi connectivity index (χ3v) is 5.36. The summed E-state index contributed by atoms with van der Waals surface area (Å²) in [5.74, 6) is 0.152. The minimum atomic E-state index is -2.96. The minimum Gasteiger partial charge on any atom is -0.435 e. The van der Waals surface area contributed by atoms with Crippen molar-refractivity contribution in [2.75, 3.05) is 36.4 Å². The van der Waals surface area contributed by atoms with E-state index in [-0.39, 0.29) is 23.6 Å². The lowest BCUT2D eigenvalue weighted by Gasteiger charge is -2.34. The molecule has 0 aliphatic carbocycles. The summed E-state index contributed by atoms with van der Waals surface area (Å²) in [6.45, 7) is -0.427. The lowest BCUT2D eigenvalue weighted by atomic mass is 10.1. The van der Waals surface area contributed by atoms with E-state index in [4.69, 9.17) is 0 Å². The molecule has 1 N–H and O–H groups in total. The van der Waals surface area contributed by atoms with Crippen LogP contribution in [0.3, 0.4) is 0 Å². The van der Waals surface area contributed by atoms with Crippen LogP contribution in [0.2, 0.25) is 0 Å². The molecule has 8 nitrogen and oxygen atoms in total. The van der Waals surface area contributed by atoms with E-state index in [1.807, 2.05) is 4.90 Å². The number of nitrogens with zero attached hydrogens (tertiary/aromatic N) is 4. The summed E-state index contributed by atoms with van der Waals surface area (Å²) in [5.41, 5.74) is 1.54. The smallest absolute Gasteiger partial charge is 0.387 e. The Morgan fingerprint density at radius 1 is 0.971 bits per heavy atom. The molecule has 0 spiro atoms. The molecule has 1 saturated heterocycles. The number of amides is 2. The fraction of sp³-hybridized carbons (Fsp3) is 0.250. The first-order valence-electron chi connectivity index (χ1n) is 10.7. The highest BCUT2D eigenvalue weighted by Crippen LogP contribution is 2.18. The zero-order valence-electron chi connectivity index (χ0n) is 18.2. The van der Waals surface area contributed by atoms with Gasteiger partial charge < -0.3 is 19.9 Å². The van der Waals surface area contributed by atoms with Crippen LogP contribution in [0.5, 0.6) is 5.75 Å². The van der Waals surface area contributed by atoms with E-state index < -0.39 is 12.5 Å². The summed E-state index contributed by atoms with van der Waals surface area (Å²) >= 11 is 0. The summed E-state index contributed by atoms with van der Waals surface area (Å²) < 4.78 is 29.1. The zero-order chi connectivity index (χ0) is 23.9. The Labute approximate surface area is 195 Å². The van der Waals surface area contributed by atoms with E-state index in [1.54, 1.807) is 42.7 Å². The lowest BCUT2D eigenvalue weighted by molar-refractivity contribution is -0.130. The number of hydrogen-bond donors (Lipinski definition) is 1. The number of rotatable bonds is 7. The van der Waals surface area contributed by atoms with Gasteiger partial charge in [0.15, 0.2) is 0 Å². The van der Waals surface area contributed by atoms with Gasteiger partial charge in [-0.25, -0.2) is 9.97 Å². The van der Waals surface area contributed by atoms with Gasteiger partial charge in [0.05, 0.1) is 6.42 Å². The molecule has 1 aromatic heterocycles. The molecule has 4 rings (SSSR count). The molecule has 2 amide bonds. The van der Waals surface area contributed by atoms with Gasteiger partial charge in [-0.05, 0) is 42.0 Å². The number of anilines is 2. The molecule has 1 fully saturated rings. The van der Waals surface area contributed by atoms with E-state index >= 15 is 0 Å². The van der Waals surface area contributed by atoms with Gasteiger partial charge in [-0.15, -0.1) is 0 Å². The van der Waals surface area contributed by atoms with Gasteiger partial charge >= 0.3 is 6.61 Å². The van der Waals surface area contributed by atoms with Crippen molar-refractivity contribution in [3.63, 3.8) is 0 Å². The number of benzene rings is 2. The van der Waals surface area contributed by atoms with Crippen LogP contribution in [0.4, 0.5) is 20.4 Å². The van der Waals surface area contributed by atoms with Gasteiger partial charge in [0.25, 0.3) is 5.91 Å². The Kier molecular flexibility index (Phi) is 7.26. The van der Waals surface area contributed by atoms with Gasteiger partial charge in [-0.1, -0.05) is 18.2 Å². The van der Waals surface area contributed by atoms with E-state index in [0.29, 0.717) is 37.8 Å². The highest BCUT2D eigenvalue weighted by atomic mass is 19.3. The van der Waals surface area contributed by atoms with Crippen LogP contribution in [-0.4, -0.2) is 59.5 Å². The normalized spacial score (nSPS) is 13.6. The Balaban J connectivity index is 1.28. The SMILES string of the molecule is O=C(Nc1ccc(CC(=O)N2CCN(c3ncccn3)CC2)cc1)c1cccc(OC(F)F)c1. The summed E-state index contributed by atoms with van der Waals surface area (Å²) in [5, 5.41) is 2.71. The molecule has 34 heavy (non-hydrogen) atoms. The van der Waals surface area contributed by atoms with Crippen molar-refractivity contribution in [1.82, 2.24) is 14.9 Å². The molecule has 0 saturated carbocycles. The summed E-state index contributed by atoms with van der Waals surface area (Å²) in [4.78, 5) is 37.5. The molecule has 0 unspecified atom stereocenters. The molecular weight excluding hydrogens is 444 g/mol. The first-order valence-corrected chi connectivity index (χ1v) is 10.7. The molecule has 10 heteroatoms. The van der Waals surface area contributed by atoms with Gasteiger partial charge in [0, 0.05) is 49.8 Å². The first kappa shape index (κ1) is 23.1. The van der Waals surface area contributed by atoms with Crippen LogP contribution in [0, 0.1) is 0 Å². The van der Waals surface area contributed by atoms with Crippen molar-refractivity contribution in [2.45, 2.75) is 13.0 Å². The predicted molar refractivity (Wildman–Crippen MR) is 122 cm³/mol. The molecule has 1 aliphatic rings. The summed E-state index contributed by atoms with van der Waals surface area (Å²) in [6, 6.07) is 14.3. The first-order chi connectivity index (χ1) is 16.5. The van der Waals surface area contributed by atoms with Crippen LogP contribution >= 0.6 is 0 Å². The number of alkyl halides is 2. The van der Waals surface area contributed by atoms with Crippen molar-refractivity contribution in [1.29, 1.82) is 0 Å². The standard InChI is InChI=1S/C24H23F2N5O3/c25-23(26)34-20-4-1-3-18(16-20)22(33)29-19-7-5-17(6-8-19)15-21(32)30-11-13-31(14-12-30)24-27-9-2-10-28-24/h1-10,16,23H,11-15H2,(H,29,33). The van der Waals surface area contributed by atoms with Crippen LogP contribution in [0.1, 0.15) is 15.9 Å². The van der Waals surface area contributed by atoms with Crippen LogP contribution in [-0.2, 0) is 11.2 Å². The number of carbonyl (C=O) groups is 2. The molecule has 2 heterocycles. The topological polar surface area (TPSA) is 87.7 Å². The van der Waals surface area contributed by atoms with Gasteiger partial charge in [0.2, 0.25) is 11.9 Å². The average molecular weight is 467 g/mol. The number of piperazine rings is 1. The molecule has 3 aromatic rings. The van der Waals surface area contributed by atoms with Gasteiger partial charge in [0.1, 0.15) is 5.75 Å². The largest absolute Gasteiger partial charge is 0.435 e. The quantitative estimate of drug-likeness (QED) is 0.574. The second-order valence-corrected chi connectivity index (χ2v) is 7.65. The molecule has 0 bridgehead atoms. The maximum absolute atomic E-state index is 12.7. The van der Waals surface area contributed by atoms with Crippen molar-refractivity contribution >= 4 is 23.5 Å². The Morgan fingerprint density at radius 3 is 2.35 bits per heavy atom. The number of carbonyl (C=O) groups excluding carboxylic acids is 2. The molecule has 0 atom stereocenters. The molecule has 1 aliphatic heterocycles. The summed E-state index contributed by atoms with van der Waals surface area (Å²) in [6.07, 6.45) is 3.65. The van der Waals surface area contributed by atoms with E-state index in [2.05, 4.69) is 24.9 Å². The predicted octanol–water partition coefficient (Wildman–Crippen LogP) is 3.22. The van der Waals surface area contributed by atoms with Crippen molar-refractivity contribution in [2.24, 2.45) is 0 Å². The van der Waals surface area contributed by atoms with Gasteiger partial charge in [-0.2, -0.15) is 8.78 Å². The third-order valence-electron chi connectivity index (χ3n) is 5.36. The Hall–Kier alpha value is -4.08. The molecule has 2 aromatic carbocycles. The lowest BCUT2D eigenvalue weighted by Crippen LogP contribution is -2.49. The number of aromatic nitrogens is 2. The Morgan fingerprint density at radius 2 is 1.68 bits per heavy atom. The zero-order valence-corrected chi connectivity index (χ0v) is 18.2. The monoisotopic (exact) mass is 467 g/mol. The highest BCUT2D eigenvalue weighted by molar-refractivity contribution is 6.04. The Bertz CT molecular complexity index is 1120. The van der Waals surface area contributed by atoms with Crippen LogP contribution in [0.15, 0.2) is 67.0 Å². The van der Waals surface area contributed by atoms with Gasteiger partial charge in [-0.3, -0.25) is 9.59 Å². The van der Waals surface area contributed by atoms with Crippen molar-refractivity contribution in [3.8, 4) is 5.75 Å². The average Bonchev–Trinajstić information content (AvgIpc) is 2.85. The third kappa shape index (κ3) is 6.03. The van der Waals surface area contributed by atoms with Crippen LogP contribution in [0.25, 0.3) is 0 Å². The highest BCUT2D eigenvalue weighted by Gasteiger charge is 2.22. The van der Waals surface area contributed by atoms with Crippen LogP contribution < -0.4 is 15.0 Å². The van der Waals surface area contributed by atoms with E-state index in [9.17, 15) is 18.4 Å². The van der Waals surface area contributed by atoms with Crippen molar-refractivity contribution < 1.29 is 23.1 Å². The maximum atomic E-state index is 12.7. The summed E-state index contributed by atoms with van der Waals surface area (Å²) in [7, 11) is 0.